The molecular formula is C24H26OS2. The number of rotatable bonds is 10. The Morgan fingerprint density at radius 2 is 1.44 bits per heavy atom. The normalized spacial score (nSPS) is 10.7. The summed E-state index contributed by atoms with van der Waals surface area (Å²) >= 11 is 3.91. The Morgan fingerprint density at radius 1 is 0.741 bits per heavy atom. The molecule has 140 valence electrons. The summed E-state index contributed by atoms with van der Waals surface area (Å²) in [5, 5.41) is 0. The average Bonchev–Trinajstić information content (AvgIpc) is 2.73. The van der Waals surface area contributed by atoms with Crippen molar-refractivity contribution in [1.29, 1.82) is 0 Å². The maximum atomic E-state index is 6.10. The second kappa shape index (κ2) is 11.1. The van der Waals surface area contributed by atoms with Gasteiger partial charge in [0.15, 0.2) is 0 Å². The third-order valence-corrected chi connectivity index (χ3v) is 6.55. The zero-order valence-corrected chi connectivity index (χ0v) is 17.4. The van der Waals surface area contributed by atoms with Crippen LogP contribution in [0.5, 0.6) is 5.75 Å². The SMILES string of the molecule is CCCSCc1ccccc1SCc1ccccc1OCc1ccccc1. The number of para-hydroxylation sites is 1. The molecule has 3 rings (SSSR count). The zero-order valence-electron chi connectivity index (χ0n) is 15.8. The van der Waals surface area contributed by atoms with Crippen LogP contribution in [0.4, 0.5) is 0 Å². The molecule has 0 radical (unpaired) electrons. The molecule has 0 aliphatic heterocycles. The lowest BCUT2D eigenvalue weighted by Gasteiger charge is -2.13. The van der Waals surface area contributed by atoms with Crippen LogP contribution >= 0.6 is 23.5 Å². The first-order chi connectivity index (χ1) is 13.4. The summed E-state index contributed by atoms with van der Waals surface area (Å²) in [6.45, 7) is 2.84. The van der Waals surface area contributed by atoms with Crippen LogP contribution in [0, 0.1) is 0 Å². The number of benzene rings is 3. The predicted molar refractivity (Wildman–Crippen MR) is 120 cm³/mol. The van der Waals surface area contributed by atoms with Crippen LogP contribution in [0.1, 0.15) is 30.0 Å². The monoisotopic (exact) mass is 394 g/mol. The van der Waals surface area contributed by atoms with E-state index in [4.69, 9.17) is 4.74 Å². The van der Waals surface area contributed by atoms with Gasteiger partial charge in [0, 0.05) is 22.0 Å². The van der Waals surface area contributed by atoms with Gasteiger partial charge >= 0.3 is 0 Å². The zero-order chi connectivity index (χ0) is 18.7. The number of hydrogen-bond donors (Lipinski definition) is 0. The van der Waals surface area contributed by atoms with Crippen molar-refractivity contribution in [2.24, 2.45) is 0 Å². The van der Waals surface area contributed by atoms with Crippen LogP contribution in [0.3, 0.4) is 0 Å². The molecule has 0 aliphatic rings. The van der Waals surface area contributed by atoms with Gasteiger partial charge < -0.3 is 4.74 Å². The first kappa shape index (κ1) is 19.9. The number of thioether (sulfide) groups is 2. The molecule has 0 unspecified atom stereocenters. The fraction of sp³-hybridized carbons (Fsp3) is 0.250. The van der Waals surface area contributed by atoms with Gasteiger partial charge in [-0.2, -0.15) is 11.8 Å². The van der Waals surface area contributed by atoms with Gasteiger partial charge in [-0.25, -0.2) is 0 Å². The van der Waals surface area contributed by atoms with E-state index >= 15 is 0 Å². The van der Waals surface area contributed by atoms with Crippen LogP contribution in [-0.2, 0) is 18.1 Å². The summed E-state index contributed by atoms with van der Waals surface area (Å²) in [6, 6.07) is 27.5. The minimum atomic E-state index is 0.604. The Hall–Kier alpha value is -1.84. The maximum absolute atomic E-state index is 6.10. The van der Waals surface area contributed by atoms with Crippen LogP contribution in [0.15, 0.2) is 83.8 Å². The Morgan fingerprint density at radius 3 is 2.26 bits per heavy atom. The van der Waals surface area contributed by atoms with Gasteiger partial charge in [-0.3, -0.25) is 0 Å². The van der Waals surface area contributed by atoms with Crippen molar-refractivity contribution < 1.29 is 4.74 Å². The van der Waals surface area contributed by atoms with Gasteiger partial charge in [0.25, 0.3) is 0 Å². The standard InChI is InChI=1S/C24H26OS2/c1-2-16-26-18-22-13-7-9-15-24(22)27-19-21-12-6-8-14-23(21)25-17-20-10-4-3-5-11-20/h3-15H,2,16-19H2,1H3. The first-order valence-corrected chi connectivity index (χ1v) is 11.5. The van der Waals surface area contributed by atoms with Crippen molar-refractivity contribution in [1.82, 2.24) is 0 Å². The van der Waals surface area contributed by atoms with Gasteiger partial charge in [-0.15, -0.1) is 11.8 Å². The van der Waals surface area contributed by atoms with E-state index in [0.717, 1.165) is 17.3 Å². The predicted octanol–water partition coefficient (Wildman–Crippen LogP) is 7.20. The van der Waals surface area contributed by atoms with Crippen LogP contribution < -0.4 is 4.74 Å². The van der Waals surface area contributed by atoms with Crippen molar-refractivity contribution in [3.8, 4) is 5.75 Å². The van der Waals surface area contributed by atoms with Gasteiger partial charge in [0.2, 0.25) is 0 Å². The molecule has 0 spiro atoms. The van der Waals surface area contributed by atoms with E-state index < -0.39 is 0 Å². The number of ether oxygens (including phenoxy) is 1. The topological polar surface area (TPSA) is 9.23 Å². The second-order valence-electron chi connectivity index (χ2n) is 6.33. The van der Waals surface area contributed by atoms with Gasteiger partial charge in [0.1, 0.15) is 12.4 Å². The molecule has 3 heteroatoms. The van der Waals surface area contributed by atoms with Crippen LogP contribution in [-0.4, -0.2) is 5.75 Å². The van der Waals surface area contributed by atoms with Crippen LogP contribution in [0.25, 0.3) is 0 Å². The summed E-state index contributed by atoms with van der Waals surface area (Å²) in [4.78, 5) is 1.37. The number of hydrogen-bond acceptors (Lipinski definition) is 3. The van der Waals surface area contributed by atoms with Gasteiger partial charge in [0.05, 0.1) is 0 Å². The lowest BCUT2D eigenvalue weighted by atomic mass is 10.2. The molecule has 0 N–H and O–H groups in total. The maximum Gasteiger partial charge on any atom is 0.123 e. The van der Waals surface area contributed by atoms with Crippen molar-refractivity contribution in [2.45, 2.75) is 36.4 Å². The fourth-order valence-corrected chi connectivity index (χ4v) is 4.79. The minimum absolute atomic E-state index is 0.604. The van der Waals surface area contributed by atoms with E-state index in [1.165, 1.54) is 33.8 Å². The summed E-state index contributed by atoms with van der Waals surface area (Å²) < 4.78 is 6.10. The molecular weight excluding hydrogens is 368 g/mol. The highest BCUT2D eigenvalue weighted by Gasteiger charge is 2.07. The van der Waals surface area contributed by atoms with Crippen molar-refractivity contribution in [3.05, 3.63) is 95.6 Å². The molecule has 27 heavy (non-hydrogen) atoms. The summed E-state index contributed by atoms with van der Waals surface area (Å²) in [5.74, 6) is 4.20. The molecule has 0 heterocycles. The summed E-state index contributed by atoms with van der Waals surface area (Å²) in [5.41, 5.74) is 3.87. The lowest BCUT2D eigenvalue weighted by Crippen LogP contribution is -1.98. The highest BCUT2D eigenvalue weighted by atomic mass is 32.2. The van der Waals surface area contributed by atoms with E-state index in [9.17, 15) is 0 Å². The highest BCUT2D eigenvalue weighted by molar-refractivity contribution is 7.99. The fourth-order valence-electron chi connectivity index (χ4n) is 2.75. The summed E-state index contributed by atoms with van der Waals surface area (Å²) in [6.07, 6.45) is 1.23. The largest absolute Gasteiger partial charge is 0.489 e. The molecule has 0 saturated carbocycles. The molecule has 0 amide bonds. The molecule has 0 aliphatic carbocycles. The lowest BCUT2D eigenvalue weighted by molar-refractivity contribution is 0.304. The van der Waals surface area contributed by atoms with E-state index in [2.05, 4.69) is 61.5 Å². The Kier molecular flexibility index (Phi) is 8.19. The Bertz CT molecular complexity index is 817. The second-order valence-corrected chi connectivity index (χ2v) is 8.45. The summed E-state index contributed by atoms with van der Waals surface area (Å²) in [7, 11) is 0. The molecule has 0 aromatic heterocycles. The Labute approximate surface area is 171 Å². The highest BCUT2D eigenvalue weighted by Crippen LogP contribution is 2.32. The van der Waals surface area contributed by atoms with Gasteiger partial charge in [-0.05, 0) is 35.4 Å². The van der Waals surface area contributed by atoms with Crippen molar-refractivity contribution >= 4 is 23.5 Å². The molecule has 0 bridgehead atoms. The Balaban J connectivity index is 1.63. The van der Waals surface area contributed by atoms with Crippen molar-refractivity contribution in [3.63, 3.8) is 0 Å². The third kappa shape index (κ3) is 6.37. The first-order valence-electron chi connectivity index (χ1n) is 9.40. The van der Waals surface area contributed by atoms with Gasteiger partial charge in [-0.1, -0.05) is 73.7 Å². The minimum Gasteiger partial charge on any atom is -0.489 e. The molecule has 3 aromatic carbocycles. The van der Waals surface area contributed by atoms with E-state index in [0.29, 0.717) is 6.61 Å². The van der Waals surface area contributed by atoms with Crippen molar-refractivity contribution in [2.75, 3.05) is 5.75 Å². The molecule has 0 saturated heterocycles. The van der Waals surface area contributed by atoms with E-state index in [-0.39, 0.29) is 0 Å². The van der Waals surface area contributed by atoms with Crippen LogP contribution in [0.2, 0.25) is 0 Å². The molecule has 1 nitrogen and oxygen atoms in total. The quantitative estimate of drug-likeness (QED) is 0.266. The molecule has 3 aromatic rings. The average molecular weight is 395 g/mol. The van der Waals surface area contributed by atoms with E-state index in [1.54, 1.807) is 0 Å². The molecule has 0 atom stereocenters. The van der Waals surface area contributed by atoms with E-state index in [1.807, 2.05) is 47.8 Å². The third-order valence-electron chi connectivity index (χ3n) is 4.17. The molecule has 0 fully saturated rings. The smallest absolute Gasteiger partial charge is 0.123 e.